The molecule has 6 heteroatoms. The minimum atomic E-state index is -0.945. The van der Waals surface area contributed by atoms with Crippen molar-refractivity contribution in [2.75, 3.05) is 0 Å². The number of carboxylic acid groups (broad SMARTS) is 1. The van der Waals surface area contributed by atoms with Crippen LogP contribution in [0.25, 0.3) is 0 Å². The molecule has 74 valence electrons. The zero-order valence-electron chi connectivity index (χ0n) is 6.97. The Hall–Kier alpha value is -0.650. The van der Waals surface area contributed by atoms with Crippen LogP contribution in [-0.4, -0.2) is 22.2 Å². The fourth-order valence-electron chi connectivity index (χ4n) is 0.592. The summed E-state index contributed by atoms with van der Waals surface area (Å²) >= 11 is 1.45. The Bertz CT molecular complexity index is 252. The molecule has 1 aromatic rings. The van der Waals surface area contributed by atoms with Crippen LogP contribution in [0.2, 0.25) is 0 Å². The molecule has 0 amide bonds. The minimum Gasteiger partial charge on any atom is -0.479 e. The van der Waals surface area contributed by atoms with E-state index in [1.807, 2.05) is 0 Å². The van der Waals surface area contributed by atoms with Gasteiger partial charge in [-0.3, -0.25) is 4.98 Å². The fourth-order valence-corrected chi connectivity index (χ4v) is 1.11. The van der Waals surface area contributed by atoms with Gasteiger partial charge < -0.3 is 9.84 Å². The highest BCUT2D eigenvalue weighted by Crippen LogP contribution is 2.08. The maximum Gasteiger partial charge on any atom is 0.332 e. The lowest BCUT2D eigenvalue weighted by molar-refractivity contribution is -0.149. The molecule has 1 atom stereocenters. The Kier molecular flexibility index (Phi) is 5.61. The third-order valence-corrected chi connectivity index (χ3v) is 2.06. The van der Waals surface area contributed by atoms with Crippen LogP contribution in [0.15, 0.2) is 11.7 Å². The lowest BCUT2D eigenvalue weighted by Crippen LogP contribution is -2.19. The van der Waals surface area contributed by atoms with E-state index >= 15 is 0 Å². The Morgan fingerprint density at radius 3 is 3.00 bits per heavy atom. The molecular formula is C7H10ClNO3S. The molecule has 1 aromatic heterocycles. The monoisotopic (exact) mass is 223 g/mol. The summed E-state index contributed by atoms with van der Waals surface area (Å²) in [6.45, 7) is 1.82. The van der Waals surface area contributed by atoms with Gasteiger partial charge >= 0.3 is 5.97 Å². The zero-order chi connectivity index (χ0) is 8.97. The van der Waals surface area contributed by atoms with E-state index in [1.165, 1.54) is 18.3 Å². The molecule has 0 aromatic carbocycles. The molecular weight excluding hydrogens is 214 g/mol. The highest BCUT2D eigenvalue weighted by Gasteiger charge is 2.10. The van der Waals surface area contributed by atoms with Gasteiger partial charge in [0.15, 0.2) is 6.10 Å². The number of rotatable bonds is 4. The summed E-state index contributed by atoms with van der Waals surface area (Å²) < 4.78 is 5.02. The van der Waals surface area contributed by atoms with Crippen molar-refractivity contribution in [1.29, 1.82) is 0 Å². The predicted octanol–water partition coefficient (Wildman–Crippen LogP) is 1.55. The van der Waals surface area contributed by atoms with E-state index in [4.69, 9.17) is 9.84 Å². The van der Waals surface area contributed by atoms with Crippen molar-refractivity contribution in [3.63, 3.8) is 0 Å². The number of thiazole rings is 1. The Morgan fingerprint density at radius 1 is 1.85 bits per heavy atom. The number of nitrogens with zero attached hydrogens (tertiary/aromatic N) is 1. The van der Waals surface area contributed by atoms with Crippen LogP contribution < -0.4 is 0 Å². The van der Waals surface area contributed by atoms with E-state index in [2.05, 4.69) is 4.98 Å². The van der Waals surface area contributed by atoms with Gasteiger partial charge in [0.25, 0.3) is 0 Å². The first-order chi connectivity index (χ1) is 5.70. The van der Waals surface area contributed by atoms with Crippen molar-refractivity contribution < 1.29 is 14.6 Å². The Labute approximate surface area is 86.0 Å². The van der Waals surface area contributed by atoms with Crippen molar-refractivity contribution in [2.45, 2.75) is 19.6 Å². The van der Waals surface area contributed by atoms with Crippen molar-refractivity contribution in [3.05, 3.63) is 16.6 Å². The van der Waals surface area contributed by atoms with Crippen LogP contribution in [-0.2, 0) is 16.1 Å². The van der Waals surface area contributed by atoms with E-state index in [-0.39, 0.29) is 12.4 Å². The van der Waals surface area contributed by atoms with Gasteiger partial charge in [0.2, 0.25) is 0 Å². The van der Waals surface area contributed by atoms with Gasteiger partial charge in [-0.25, -0.2) is 4.79 Å². The molecule has 0 saturated carbocycles. The lowest BCUT2D eigenvalue weighted by atomic mass is 10.4. The summed E-state index contributed by atoms with van der Waals surface area (Å²) in [5.74, 6) is -0.945. The normalized spacial score (nSPS) is 11.8. The van der Waals surface area contributed by atoms with Crippen molar-refractivity contribution >= 4 is 29.7 Å². The fraction of sp³-hybridized carbons (Fsp3) is 0.429. The first kappa shape index (κ1) is 12.3. The van der Waals surface area contributed by atoms with Crippen LogP contribution in [0, 0.1) is 0 Å². The molecule has 1 heterocycles. The standard InChI is InChI=1S/C7H9NO3S.ClH/c1-5(7(9)10)11-3-6-2-8-4-12-6;/h2,4-5H,3H2,1H3,(H,9,10);1H. The topological polar surface area (TPSA) is 59.4 Å². The highest BCUT2D eigenvalue weighted by atomic mass is 35.5. The second-order valence-electron chi connectivity index (χ2n) is 2.26. The summed E-state index contributed by atoms with van der Waals surface area (Å²) in [5, 5.41) is 8.47. The third kappa shape index (κ3) is 4.21. The molecule has 1 N–H and O–H groups in total. The number of hydrogen-bond acceptors (Lipinski definition) is 4. The smallest absolute Gasteiger partial charge is 0.332 e. The molecule has 0 aliphatic carbocycles. The van der Waals surface area contributed by atoms with Gasteiger partial charge in [-0.1, -0.05) is 0 Å². The predicted molar refractivity (Wildman–Crippen MR) is 51.2 cm³/mol. The van der Waals surface area contributed by atoms with Gasteiger partial charge in [0.1, 0.15) is 0 Å². The Balaban J connectivity index is 0.00000144. The average Bonchev–Trinajstić information content (AvgIpc) is 2.51. The number of ether oxygens (including phenoxy) is 1. The summed E-state index contributed by atoms with van der Waals surface area (Å²) in [7, 11) is 0. The molecule has 1 rings (SSSR count). The summed E-state index contributed by atoms with van der Waals surface area (Å²) in [6.07, 6.45) is 0.909. The first-order valence-electron chi connectivity index (χ1n) is 3.42. The van der Waals surface area contributed by atoms with Gasteiger partial charge in [0, 0.05) is 6.20 Å². The largest absolute Gasteiger partial charge is 0.479 e. The maximum atomic E-state index is 10.3. The number of hydrogen-bond donors (Lipinski definition) is 1. The minimum absolute atomic E-state index is 0. The quantitative estimate of drug-likeness (QED) is 0.842. The lowest BCUT2D eigenvalue weighted by Gasteiger charge is -2.05. The maximum absolute atomic E-state index is 10.3. The van der Waals surface area contributed by atoms with Crippen LogP contribution in [0.4, 0.5) is 0 Å². The van der Waals surface area contributed by atoms with Crippen LogP contribution >= 0.6 is 23.7 Å². The van der Waals surface area contributed by atoms with Gasteiger partial charge in [-0.2, -0.15) is 0 Å². The molecule has 4 nitrogen and oxygen atoms in total. The SMILES string of the molecule is CC(OCc1cncs1)C(=O)O.Cl. The summed E-state index contributed by atoms with van der Waals surface area (Å²) in [6, 6.07) is 0. The number of halogens is 1. The van der Waals surface area contributed by atoms with Gasteiger partial charge in [0.05, 0.1) is 17.0 Å². The summed E-state index contributed by atoms with van der Waals surface area (Å²) in [5.41, 5.74) is 1.68. The molecule has 0 saturated heterocycles. The number of aromatic nitrogens is 1. The highest BCUT2D eigenvalue weighted by molar-refractivity contribution is 7.09. The average molecular weight is 224 g/mol. The molecule has 0 aliphatic heterocycles. The molecule has 1 unspecified atom stereocenters. The van der Waals surface area contributed by atoms with Gasteiger partial charge in [-0.05, 0) is 6.92 Å². The molecule has 0 radical (unpaired) electrons. The third-order valence-electron chi connectivity index (χ3n) is 1.31. The Morgan fingerprint density at radius 2 is 2.54 bits per heavy atom. The molecule has 0 fully saturated rings. The number of aliphatic carboxylic acids is 1. The number of carbonyl (C=O) groups is 1. The van der Waals surface area contributed by atoms with E-state index in [0.717, 1.165) is 4.88 Å². The summed E-state index contributed by atoms with van der Waals surface area (Å²) in [4.78, 5) is 15.1. The van der Waals surface area contributed by atoms with Crippen molar-refractivity contribution in [3.8, 4) is 0 Å². The second-order valence-corrected chi connectivity index (χ2v) is 3.23. The second kappa shape index (κ2) is 5.90. The molecule has 0 bridgehead atoms. The van der Waals surface area contributed by atoms with E-state index in [1.54, 1.807) is 11.7 Å². The molecule has 13 heavy (non-hydrogen) atoms. The molecule has 0 spiro atoms. The van der Waals surface area contributed by atoms with E-state index < -0.39 is 12.1 Å². The van der Waals surface area contributed by atoms with Gasteiger partial charge in [-0.15, -0.1) is 23.7 Å². The number of carboxylic acids is 1. The molecule has 0 aliphatic rings. The zero-order valence-corrected chi connectivity index (χ0v) is 8.60. The van der Waals surface area contributed by atoms with Crippen molar-refractivity contribution in [2.24, 2.45) is 0 Å². The van der Waals surface area contributed by atoms with E-state index in [0.29, 0.717) is 6.61 Å². The first-order valence-corrected chi connectivity index (χ1v) is 4.30. The van der Waals surface area contributed by atoms with Crippen molar-refractivity contribution in [1.82, 2.24) is 4.98 Å². The van der Waals surface area contributed by atoms with Crippen LogP contribution in [0.1, 0.15) is 11.8 Å². The van der Waals surface area contributed by atoms with E-state index in [9.17, 15) is 4.79 Å². The van der Waals surface area contributed by atoms with Crippen LogP contribution in [0.5, 0.6) is 0 Å². The van der Waals surface area contributed by atoms with Crippen LogP contribution in [0.3, 0.4) is 0 Å².